The maximum Gasteiger partial charge on any atom is 0.158 e. The Labute approximate surface area is 67.5 Å². The minimum absolute atomic E-state index is 0.358. The summed E-state index contributed by atoms with van der Waals surface area (Å²) in [6.07, 6.45) is 2.95. The lowest BCUT2D eigenvalue weighted by molar-refractivity contribution is -0.116. The van der Waals surface area contributed by atoms with Crippen LogP contribution >= 0.6 is 0 Å². The number of ketones is 1. The van der Waals surface area contributed by atoms with Crippen molar-refractivity contribution >= 4 is 5.78 Å². The lowest BCUT2D eigenvalue weighted by Crippen LogP contribution is -2.06. The molecule has 11 heavy (non-hydrogen) atoms. The molecule has 2 unspecified atom stereocenters. The fourth-order valence-corrected chi connectivity index (χ4v) is 2.23. The summed E-state index contributed by atoms with van der Waals surface area (Å²) in [6, 6.07) is 0. The van der Waals surface area contributed by atoms with Gasteiger partial charge in [0, 0.05) is 6.42 Å². The molecule has 0 aliphatic heterocycles. The first kappa shape index (κ1) is 7.08. The van der Waals surface area contributed by atoms with Crippen molar-refractivity contribution in [2.45, 2.75) is 27.2 Å². The maximum absolute atomic E-state index is 11.3. The fourth-order valence-electron chi connectivity index (χ4n) is 2.23. The third-order valence-corrected chi connectivity index (χ3v) is 3.41. The smallest absolute Gasteiger partial charge is 0.158 e. The van der Waals surface area contributed by atoms with Crippen molar-refractivity contribution in [3.63, 3.8) is 0 Å². The van der Waals surface area contributed by atoms with E-state index in [0.29, 0.717) is 23.0 Å². The van der Waals surface area contributed by atoms with E-state index in [4.69, 9.17) is 0 Å². The van der Waals surface area contributed by atoms with Gasteiger partial charge in [0.1, 0.15) is 0 Å². The topological polar surface area (TPSA) is 17.1 Å². The number of carbonyl (C=O) groups excluding carboxylic acids is 1. The second-order valence-corrected chi connectivity index (χ2v) is 4.43. The van der Waals surface area contributed by atoms with Crippen molar-refractivity contribution in [3.05, 3.63) is 11.6 Å². The molecule has 0 saturated heterocycles. The number of hydrogen-bond acceptors (Lipinski definition) is 1. The third kappa shape index (κ3) is 0.800. The van der Waals surface area contributed by atoms with Gasteiger partial charge in [-0.1, -0.05) is 19.9 Å². The van der Waals surface area contributed by atoms with Gasteiger partial charge in [-0.15, -0.1) is 0 Å². The molecule has 1 nitrogen and oxygen atoms in total. The number of rotatable bonds is 0. The molecule has 1 saturated carbocycles. The van der Waals surface area contributed by atoms with E-state index < -0.39 is 0 Å². The summed E-state index contributed by atoms with van der Waals surface area (Å²) in [4.78, 5) is 11.3. The molecule has 0 aromatic rings. The summed E-state index contributed by atoms with van der Waals surface area (Å²) in [7, 11) is 0. The van der Waals surface area contributed by atoms with Crippen LogP contribution < -0.4 is 0 Å². The van der Waals surface area contributed by atoms with E-state index in [9.17, 15) is 4.79 Å². The minimum atomic E-state index is 0.358. The minimum Gasteiger partial charge on any atom is -0.295 e. The van der Waals surface area contributed by atoms with Crippen molar-refractivity contribution in [1.29, 1.82) is 0 Å². The highest BCUT2D eigenvalue weighted by molar-refractivity contribution is 5.96. The molecular weight excluding hydrogens is 136 g/mol. The van der Waals surface area contributed by atoms with Crippen LogP contribution in [0.5, 0.6) is 0 Å². The van der Waals surface area contributed by atoms with Crippen LogP contribution in [0.1, 0.15) is 27.2 Å². The van der Waals surface area contributed by atoms with Crippen LogP contribution in [-0.4, -0.2) is 5.78 Å². The molecule has 0 aromatic heterocycles. The second-order valence-electron chi connectivity index (χ2n) is 4.43. The van der Waals surface area contributed by atoms with Crippen molar-refractivity contribution in [2.24, 2.45) is 17.3 Å². The van der Waals surface area contributed by atoms with Gasteiger partial charge in [-0.3, -0.25) is 4.79 Å². The van der Waals surface area contributed by atoms with Gasteiger partial charge in [-0.05, 0) is 29.7 Å². The quantitative estimate of drug-likeness (QED) is 0.517. The average Bonchev–Trinajstić information content (AvgIpc) is 2.39. The summed E-state index contributed by atoms with van der Waals surface area (Å²) in [5.41, 5.74) is 1.39. The van der Waals surface area contributed by atoms with E-state index in [1.165, 1.54) is 0 Å². The molecule has 2 rings (SSSR count). The molecule has 0 amide bonds. The number of fused-ring (bicyclic) bond motifs is 1. The van der Waals surface area contributed by atoms with Crippen LogP contribution in [-0.2, 0) is 4.79 Å². The lowest BCUT2D eigenvalue weighted by Gasteiger charge is -2.04. The zero-order valence-corrected chi connectivity index (χ0v) is 7.35. The van der Waals surface area contributed by atoms with Gasteiger partial charge in [0.2, 0.25) is 0 Å². The number of hydrogen-bond donors (Lipinski definition) is 0. The first-order valence-corrected chi connectivity index (χ1v) is 4.25. The van der Waals surface area contributed by atoms with Crippen LogP contribution in [0.15, 0.2) is 11.6 Å². The highest BCUT2D eigenvalue weighted by atomic mass is 16.1. The standard InChI is InChI=1S/C10H14O/c1-6-4-7-8(5-9(6)11)10(7,2)3/h4,7-8H,5H2,1-3H3. The van der Waals surface area contributed by atoms with Crippen LogP contribution in [0.2, 0.25) is 0 Å². The predicted molar refractivity (Wildman–Crippen MR) is 44.1 cm³/mol. The average molecular weight is 150 g/mol. The van der Waals surface area contributed by atoms with Gasteiger partial charge in [0.05, 0.1) is 0 Å². The van der Waals surface area contributed by atoms with Crippen molar-refractivity contribution in [3.8, 4) is 0 Å². The van der Waals surface area contributed by atoms with E-state index >= 15 is 0 Å². The van der Waals surface area contributed by atoms with Gasteiger partial charge in [-0.25, -0.2) is 0 Å². The maximum atomic E-state index is 11.3. The Morgan fingerprint density at radius 2 is 2.18 bits per heavy atom. The second kappa shape index (κ2) is 1.77. The SMILES string of the molecule is CC1=CC2C(CC1=O)C2(C)C. The van der Waals surface area contributed by atoms with Gasteiger partial charge in [-0.2, -0.15) is 0 Å². The molecule has 1 heteroatoms. The summed E-state index contributed by atoms with van der Waals surface area (Å²) >= 11 is 0. The lowest BCUT2D eigenvalue weighted by atomic mass is 10.00. The zero-order chi connectivity index (χ0) is 8.22. The molecule has 2 aliphatic rings. The Bertz CT molecular complexity index is 248. The van der Waals surface area contributed by atoms with Gasteiger partial charge >= 0.3 is 0 Å². The molecular formula is C10H14O. The Morgan fingerprint density at radius 3 is 2.73 bits per heavy atom. The zero-order valence-electron chi connectivity index (χ0n) is 7.35. The van der Waals surface area contributed by atoms with Crippen molar-refractivity contribution in [1.82, 2.24) is 0 Å². The van der Waals surface area contributed by atoms with E-state index in [-0.39, 0.29) is 0 Å². The van der Waals surface area contributed by atoms with E-state index in [1.807, 2.05) is 6.92 Å². The van der Waals surface area contributed by atoms with E-state index in [1.54, 1.807) is 0 Å². The Balaban J connectivity index is 2.28. The van der Waals surface area contributed by atoms with Crippen LogP contribution in [0, 0.1) is 17.3 Å². The van der Waals surface area contributed by atoms with Crippen molar-refractivity contribution in [2.75, 3.05) is 0 Å². The molecule has 0 bridgehead atoms. The highest BCUT2D eigenvalue weighted by Crippen LogP contribution is 2.62. The van der Waals surface area contributed by atoms with Crippen LogP contribution in [0.4, 0.5) is 0 Å². The van der Waals surface area contributed by atoms with Crippen molar-refractivity contribution < 1.29 is 4.79 Å². The van der Waals surface area contributed by atoms with Gasteiger partial charge in [0.25, 0.3) is 0 Å². The summed E-state index contributed by atoms with van der Waals surface area (Å²) in [5, 5.41) is 0. The monoisotopic (exact) mass is 150 g/mol. The molecule has 0 N–H and O–H groups in total. The fraction of sp³-hybridized carbons (Fsp3) is 0.700. The van der Waals surface area contributed by atoms with Gasteiger partial charge in [0.15, 0.2) is 5.78 Å². The molecule has 0 heterocycles. The van der Waals surface area contributed by atoms with E-state index in [0.717, 1.165) is 12.0 Å². The molecule has 0 radical (unpaired) electrons. The normalized spacial score (nSPS) is 39.5. The Morgan fingerprint density at radius 1 is 1.55 bits per heavy atom. The summed E-state index contributed by atoms with van der Waals surface area (Å²) < 4.78 is 0. The summed E-state index contributed by atoms with van der Waals surface area (Å²) in [6.45, 7) is 6.45. The largest absolute Gasteiger partial charge is 0.295 e. The molecule has 2 atom stereocenters. The Kier molecular flexibility index (Phi) is 1.14. The van der Waals surface area contributed by atoms with E-state index in [2.05, 4.69) is 19.9 Å². The Hall–Kier alpha value is -0.590. The number of carbonyl (C=O) groups is 1. The van der Waals surface area contributed by atoms with Gasteiger partial charge < -0.3 is 0 Å². The predicted octanol–water partition coefficient (Wildman–Crippen LogP) is 2.18. The molecule has 0 spiro atoms. The number of allylic oxidation sites excluding steroid dienone is 2. The van der Waals surface area contributed by atoms with Crippen LogP contribution in [0.25, 0.3) is 0 Å². The summed E-state index contributed by atoms with van der Waals surface area (Å²) in [5.74, 6) is 1.70. The number of Topliss-reactive ketones (excluding diaryl/α,β-unsaturated/α-hetero) is 1. The molecule has 60 valence electrons. The molecule has 0 aromatic carbocycles. The third-order valence-electron chi connectivity index (χ3n) is 3.41. The highest BCUT2D eigenvalue weighted by Gasteiger charge is 2.58. The first-order valence-electron chi connectivity index (χ1n) is 4.25. The van der Waals surface area contributed by atoms with Crippen LogP contribution in [0.3, 0.4) is 0 Å². The molecule has 1 fully saturated rings. The first-order chi connectivity index (χ1) is 5.03. The molecule has 2 aliphatic carbocycles.